The van der Waals surface area contributed by atoms with E-state index in [1.165, 1.54) is 16.8 Å². The summed E-state index contributed by atoms with van der Waals surface area (Å²) in [5, 5.41) is 2.99. The van der Waals surface area contributed by atoms with Crippen LogP contribution in [0.15, 0.2) is 41.8 Å². The molecule has 0 bridgehead atoms. The topological polar surface area (TPSA) is 84.3 Å². The third-order valence-electron chi connectivity index (χ3n) is 4.88. The van der Waals surface area contributed by atoms with Crippen molar-refractivity contribution in [3.63, 3.8) is 0 Å². The van der Waals surface area contributed by atoms with E-state index in [9.17, 15) is 13.2 Å². The molecule has 1 aromatic heterocycles. The predicted molar refractivity (Wildman–Crippen MR) is 102 cm³/mol. The van der Waals surface area contributed by atoms with Crippen LogP contribution in [0.1, 0.15) is 30.9 Å². The van der Waals surface area contributed by atoms with Crippen molar-refractivity contribution in [1.29, 1.82) is 0 Å². The highest BCUT2D eigenvalue weighted by Crippen LogP contribution is 2.23. The maximum Gasteiger partial charge on any atom is 0.262 e. The second kappa shape index (κ2) is 8.22. The van der Waals surface area contributed by atoms with Gasteiger partial charge in [-0.2, -0.15) is 4.31 Å². The van der Waals surface area contributed by atoms with Gasteiger partial charge in [0.05, 0.1) is 12.2 Å². The van der Waals surface area contributed by atoms with Gasteiger partial charge in [0.15, 0.2) is 5.03 Å². The van der Waals surface area contributed by atoms with Crippen molar-refractivity contribution in [2.45, 2.75) is 44.8 Å². The molecule has 2 heterocycles. The summed E-state index contributed by atoms with van der Waals surface area (Å²) in [6.45, 7) is 5.66. The van der Waals surface area contributed by atoms with Crippen LogP contribution in [0.25, 0.3) is 0 Å². The smallest absolute Gasteiger partial charge is 0.262 e. The first-order valence-electron chi connectivity index (χ1n) is 9.25. The molecule has 27 heavy (non-hydrogen) atoms. The highest BCUT2D eigenvalue weighted by molar-refractivity contribution is 7.89. The number of hydrogen-bond acceptors (Lipinski definition) is 4. The minimum atomic E-state index is -3.67. The van der Waals surface area contributed by atoms with E-state index in [4.69, 9.17) is 0 Å². The van der Waals surface area contributed by atoms with Crippen molar-refractivity contribution >= 4 is 15.9 Å². The van der Waals surface area contributed by atoms with E-state index < -0.39 is 10.0 Å². The summed E-state index contributed by atoms with van der Waals surface area (Å²) in [4.78, 5) is 16.6. The Kier molecular flexibility index (Phi) is 5.96. The molecule has 1 unspecified atom stereocenters. The zero-order chi connectivity index (χ0) is 19.4. The normalized spacial score (nSPS) is 18.4. The quantitative estimate of drug-likeness (QED) is 0.817. The third kappa shape index (κ3) is 4.56. The van der Waals surface area contributed by atoms with Gasteiger partial charge in [-0.25, -0.2) is 13.4 Å². The number of sulfonamides is 1. The minimum absolute atomic E-state index is 0.0465. The van der Waals surface area contributed by atoms with Crippen molar-refractivity contribution in [1.82, 2.24) is 19.2 Å². The van der Waals surface area contributed by atoms with Crippen LogP contribution in [-0.4, -0.2) is 41.3 Å². The van der Waals surface area contributed by atoms with Crippen LogP contribution < -0.4 is 5.32 Å². The minimum Gasteiger partial charge on any atom is -0.352 e. The molecule has 1 atom stereocenters. The lowest BCUT2D eigenvalue weighted by Gasteiger charge is -2.30. The second-order valence-electron chi connectivity index (χ2n) is 6.95. The lowest BCUT2D eigenvalue weighted by atomic mass is 9.98. The van der Waals surface area contributed by atoms with Gasteiger partial charge < -0.3 is 9.88 Å². The first kappa shape index (κ1) is 19.6. The Bertz CT molecular complexity index is 907. The highest BCUT2D eigenvalue weighted by atomic mass is 32.2. The Labute approximate surface area is 160 Å². The summed E-state index contributed by atoms with van der Waals surface area (Å²) >= 11 is 0. The lowest BCUT2D eigenvalue weighted by Crippen LogP contribution is -2.45. The Balaban J connectivity index is 1.63. The SMILES string of the molecule is CCn1cnc(S(=O)(=O)N2CCCC(C(=O)NCc3cccc(C)c3)C2)c1. The number of hydrogen-bond donors (Lipinski definition) is 1. The predicted octanol–water partition coefficient (Wildman–Crippen LogP) is 1.93. The summed E-state index contributed by atoms with van der Waals surface area (Å²) in [7, 11) is -3.67. The van der Waals surface area contributed by atoms with Gasteiger partial charge in [0.2, 0.25) is 5.91 Å². The molecule has 1 N–H and O–H groups in total. The lowest BCUT2D eigenvalue weighted by molar-refractivity contribution is -0.126. The summed E-state index contributed by atoms with van der Waals surface area (Å²) in [6, 6.07) is 7.97. The molecule has 0 aliphatic carbocycles. The average Bonchev–Trinajstić information content (AvgIpc) is 3.16. The van der Waals surface area contributed by atoms with E-state index in [0.29, 0.717) is 32.5 Å². The zero-order valence-corrected chi connectivity index (χ0v) is 16.6. The first-order chi connectivity index (χ1) is 12.9. The van der Waals surface area contributed by atoms with E-state index in [0.717, 1.165) is 11.1 Å². The molecule has 1 aliphatic heterocycles. The molecule has 0 spiro atoms. The van der Waals surface area contributed by atoms with E-state index in [-0.39, 0.29) is 23.4 Å². The van der Waals surface area contributed by atoms with Gasteiger partial charge in [0.25, 0.3) is 10.0 Å². The number of carbonyl (C=O) groups excluding carboxylic acids is 1. The first-order valence-corrected chi connectivity index (χ1v) is 10.7. The standard InChI is InChI=1S/C19H26N4O3S/c1-3-22-13-18(21-14-22)27(25,26)23-9-5-8-17(12-23)19(24)20-11-16-7-4-6-15(2)10-16/h4,6-7,10,13-14,17H,3,5,8-9,11-12H2,1-2H3,(H,20,24). The Morgan fingerprint density at radius 3 is 2.89 bits per heavy atom. The van der Waals surface area contributed by atoms with Gasteiger partial charge in [-0.15, -0.1) is 0 Å². The number of imidazole rings is 1. The van der Waals surface area contributed by atoms with Crippen LogP contribution >= 0.6 is 0 Å². The maximum atomic E-state index is 12.8. The average molecular weight is 391 g/mol. The van der Waals surface area contributed by atoms with Crippen LogP contribution in [0.3, 0.4) is 0 Å². The number of carbonyl (C=O) groups is 1. The Morgan fingerprint density at radius 2 is 2.19 bits per heavy atom. The fraction of sp³-hybridized carbons (Fsp3) is 0.474. The van der Waals surface area contributed by atoms with Crippen LogP contribution in [0, 0.1) is 12.8 Å². The Morgan fingerprint density at radius 1 is 1.37 bits per heavy atom. The molecule has 3 rings (SSSR count). The molecule has 1 aromatic carbocycles. The van der Waals surface area contributed by atoms with Crippen molar-refractivity contribution in [2.75, 3.05) is 13.1 Å². The maximum absolute atomic E-state index is 12.8. The summed E-state index contributed by atoms with van der Waals surface area (Å²) in [5.41, 5.74) is 2.18. The van der Waals surface area contributed by atoms with Gasteiger partial charge in [-0.3, -0.25) is 4.79 Å². The van der Waals surface area contributed by atoms with E-state index in [2.05, 4.69) is 10.3 Å². The molecule has 2 aromatic rings. The van der Waals surface area contributed by atoms with Gasteiger partial charge >= 0.3 is 0 Å². The van der Waals surface area contributed by atoms with Crippen LogP contribution in [0.5, 0.6) is 0 Å². The fourth-order valence-electron chi connectivity index (χ4n) is 3.31. The summed E-state index contributed by atoms with van der Waals surface area (Å²) in [5.74, 6) is -0.443. The van der Waals surface area contributed by atoms with E-state index in [1.807, 2.05) is 38.1 Å². The molecule has 0 radical (unpaired) electrons. The number of aryl methyl sites for hydroxylation is 2. The zero-order valence-electron chi connectivity index (χ0n) is 15.8. The van der Waals surface area contributed by atoms with E-state index >= 15 is 0 Å². The van der Waals surface area contributed by atoms with Crippen LogP contribution in [0.2, 0.25) is 0 Å². The van der Waals surface area contributed by atoms with E-state index in [1.54, 1.807) is 4.57 Å². The largest absolute Gasteiger partial charge is 0.352 e. The Hall–Kier alpha value is -2.19. The van der Waals surface area contributed by atoms with Gasteiger partial charge in [-0.1, -0.05) is 29.8 Å². The molecule has 1 aliphatic rings. The molecule has 0 saturated carbocycles. The third-order valence-corrected chi connectivity index (χ3v) is 6.63. The highest BCUT2D eigenvalue weighted by Gasteiger charge is 2.34. The summed E-state index contributed by atoms with van der Waals surface area (Å²) in [6.07, 6.45) is 4.41. The molecule has 146 valence electrons. The number of nitrogens with one attached hydrogen (secondary N) is 1. The van der Waals surface area contributed by atoms with Gasteiger partial charge in [0, 0.05) is 32.4 Å². The monoisotopic (exact) mass is 390 g/mol. The molecular formula is C19H26N4O3S. The molecular weight excluding hydrogens is 364 g/mol. The molecule has 1 amide bonds. The van der Waals surface area contributed by atoms with Crippen molar-refractivity contribution < 1.29 is 13.2 Å². The molecule has 8 heteroatoms. The van der Waals surface area contributed by atoms with Crippen LogP contribution in [-0.2, 0) is 27.9 Å². The van der Waals surface area contributed by atoms with Crippen molar-refractivity contribution in [2.24, 2.45) is 5.92 Å². The number of aromatic nitrogens is 2. The van der Waals surface area contributed by atoms with Crippen molar-refractivity contribution in [3.05, 3.63) is 47.9 Å². The van der Waals surface area contributed by atoms with Crippen LogP contribution in [0.4, 0.5) is 0 Å². The van der Waals surface area contributed by atoms with Crippen molar-refractivity contribution in [3.8, 4) is 0 Å². The fourth-order valence-corrected chi connectivity index (χ4v) is 4.77. The second-order valence-corrected chi connectivity index (χ2v) is 8.84. The van der Waals surface area contributed by atoms with Gasteiger partial charge in [-0.05, 0) is 32.3 Å². The molecule has 7 nitrogen and oxygen atoms in total. The van der Waals surface area contributed by atoms with Gasteiger partial charge in [0.1, 0.15) is 0 Å². The molecule has 1 saturated heterocycles. The number of nitrogens with zero attached hydrogens (tertiary/aromatic N) is 3. The number of piperidine rings is 1. The number of rotatable bonds is 6. The summed E-state index contributed by atoms with van der Waals surface area (Å²) < 4.78 is 28.7. The molecule has 1 fully saturated rings. The number of benzene rings is 1. The number of amides is 1.